The number of anilines is 2. The van der Waals surface area contributed by atoms with Crippen molar-refractivity contribution in [2.24, 2.45) is 5.92 Å². The van der Waals surface area contributed by atoms with E-state index in [4.69, 9.17) is 10.8 Å². The van der Waals surface area contributed by atoms with Gasteiger partial charge in [-0.05, 0) is 48.4 Å². The predicted molar refractivity (Wildman–Crippen MR) is 106 cm³/mol. The Bertz CT molecular complexity index is 1100. The van der Waals surface area contributed by atoms with E-state index in [0.29, 0.717) is 17.8 Å². The third kappa shape index (κ3) is 3.94. The van der Waals surface area contributed by atoms with Crippen molar-refractivity contribution in [2.45, 2.75) is 18.9 Å². The number of nitrogens with one attached hydrogen (secondary N) is 1. The zero-order valence-corrected chi connectivity index (χ0v) is 15.7. The number of halogens is 3. The fourth-order valence-electron chi connectivity index (χ4n) is 3.46. The van der Waals surface area contributed by atoms with Gasteiger partial charge in [-0.1, -0.05) is 6.07 Å². The average Bonchev–Trinajstić information content (AvgIpc) is 3.49. The van der Waals surface area contributed by atoms with E-state index in [1.54, 1.807) is 18.3 Å². The fourth-order valence-corrected chi connectivity index (χ4v) is 3.46. The zero-order valence-electron chi connectivity index (χ0n) is 15.7. The molecule has 0 bridgehead atoms. The molecule has 1 aromatic heterocycles. The van der Waals surface area contributed by atoms with Gasteiger partial charge in [0.15, 0.2) is 0 Å². The summed E-state index contributed by atoms with van der Waals surface area (Å²) in [6.45, 7) is 0.0695. The molecule has 1 heterocycles. The molecular weight excluding hydrogens is 395 g/mol. The van der Waals surface area contributed by atoms with Crippen molar-refractivity contribution in [3.63, 3.8) is 0 Å². The zero-order chi connectivity index (χ0) is 21.4. The van der Waals surface area contributed by atoms with Crippen LogP contribution in [0.4, 0.5) is 24.5 Å². The number of nitrogens with two attached hydrogens (primary N) is 1. The van der Waals surface area contributed by atoms with Gasteiger partial charge in [0.25, 0.3) is 0 Å². The first-order chi connectivity index (χ1) is 14.3. The van der Waals surface area contributed by atoms with Crippen molar-refractivity contribution in [3.8, 4) is 11.1 Å². The highest BCUT2D eigenvalue weighted by Gasteiger charge is 2.45. The second kappa shape index (κ2) is 7.70. The standard InChI is InChI=1S/C22H18F3N3O2/c23-17-3-1-11(21-18(24)6-13(26)7-19(21)25)5-12(17)9-27-14-2-4-20(28-10-14)15-8-16(15)22(29)30/h1-7,10,15-16,27H,8-9,26H2,(H,29,30)/t15-,16-/m0/s1. The van der Waals surface area contributed by atoms with Crippen molar-refractivity contribution in [1.29, 1.82) is 0 Å². The third-order valence-corrected chi connectivity index (χ3v) is 5.16. The van der Waals surface area contributed by atoms with Gasteiger partial charge in [0.05, 0.1) is 23.4 Å². The van der Waals surface area contributed by atoms with Crippen LogP contribution in [0.1, 0.15) is 23.6 Å². The lowest BCUT2D eigenvalue weighted by atomic mass is 10.0. The van der Waals surface area contributed by atoms with Crippen LogP contribution in [-0.2, 0) is 11.3 Å². The van der Waals surface area contributed by atoms with E-state index in [1.165, 1.54) is 12.1 Å². The molecule has 154 valence electrons. The van der Waals surface area contributed by atoms with Crippen LogP contribution in [0.15, 0.2) is 48.7 Å². The molecule has 2 aromatic carbocycles. The summed E-state index contributed by atoms with van der Waals surface area (Å²) in [4.78, 5) is 15.2. The Morgan fingerprint density at radius 3 is 2.43 bits per heavy atom. The first-order valence-corrected chi connectivity index (χ1v) is 9.29. The average molecular weight is 413 g/mol. The SMILES string of the molecule is Nc1cc(F)c(-c2ccc(F)c(CNc3ccc([C@H]4C[C@@H]4C(=O)O)nc3)c2)c(F)c1. The van der Waals surface area contributed by atoms with Gasteiger partial charge in [-0.25, -0.2) is 13.2 Å². The van der Waals surface area contributed by atoms with Gasteiger partial charge in [-0.3, -0.25) is 9.78 Å². The molecule has 30 heavy (non-hydrogen) atoms. The van der Waals surface area contributed by atoms with Crippen LogP contribution < -0.4 is 11.1 Å². The van der Waals surface area contributed by atoms with Crippen LogP contribution >= 0.6 is 0 Å². The van der Waals surface area contributed by atoms with Crippen molar-refractivity contribution in [2.75, 3.05) is 11.1 Å². The molecule has 5 nitrogen and oxygen atoms in total. The summed E-state index contributed by atoms with van der Waals surface area (Å²) in [5, 5.41) is 12.0. The number of hydrogen-bond acceptors (Lipinski definition) is 4. The van der Waals surface area contributed by atoms with Crippen LogP contribution in [0.3, 0.4) is 0 Å². The Morgan fingerprint density at radius 1 is 1.10 bits per heavy atom. The molecule has 0 saturated heterocycles. The quantitative estimate of drug-likeness (QED) is 0.516. The molecule has 0 spiro atoms. The maximum absolute atomic E-state index is 14.2. The number of hydrogen-bond donors (Lipinski definition) is 3. The Labute approximate surface area is 170 Å². The molecule has 0 unspecified atom stereocenters. The van der Waals surface area contributed by atoms with E-state index < -0.39 is 23.4 Å². The first-order valence-electron chi connectivity index (χ1n) is 9.29. The first kappa shape index (κ1) is 19.8. The van der Waals surface area contributed by atoms with Gasteiger partial charge in [0, 0.05) is 29.4 Å². The van der Waals surface area contributed by atoms with Crippen molar-refractivity contribution < 1.29 is 23.1 Å². The number of pyridine rings is 1. The minimum atomic E-state index is -0.826. The number of nitrogens with zero attached hydrogens (tertiary/aromatic N) is 1. The molecule has 1 aliphatic rings. The van der Waals surface area contributed by atoms with E-state index >= 15 is 0 Å². The molecule has 1 saturated carbocycles. The highest BCUT2D eigenvalue weighted by Crippen LogP contribution is 2.46. The monoisotopic (exact) mass is 413 g/mol. The molecule has 0 radical (unpaired) electrons. The van der Waals surface area contributed by atoms with E-state index in [0.717, 1.165) is 18.2 Å². The summed E-state index contributed by atoms with van der Waals surface area (Å²) >= 11 is 0. The molecular formula is C22H18F3N3O2. The lowest BCUT2D eigenvalue weighted by Crippen LogP contribution is -2.04. The van der Waals surface area contributed by atoms with Gasteiger partial charge in [0.2, 0.25) is 0 Å². The van der Waals surface area contributed by atoms with Crippen LogP contribution in [-0.4, -0.2) is 16.1 Å². The highest BCUT2D eigenvalue weighted by atomic mass is 19.1. The summed E-state index contributed by atoms with van der Waals surface area (Å²) in [5.74, 6) is -3.45. The van der Waals surface area contributed by atoms with Crippen LogP contribution in [0.5, 0.6) is 0 Å². The number of nitrogen functional groups attached to an aromatic ring is 1. The summed E-state index contributed by atoms with van der Waals surface area (Å²) < 4.78 is 42.6. The fraction of sp³-hybridized carbons (Fsp3) is 0.182. The smallest absolute Gasteiger partial charge is 0.307 e. The van der Waals surface area contributed by atoms with Gasteiger partial charge in [0.1, 0.15) is 17.5 Å². The van der Waals surface area contributed by atoms with E-state index in [2.05, 4.69) is 10.3 Å². The predicted octanol–water partition coefficient (Wildman–Crippen LogP) is 4.55. The molecule has 2 atom stereocenters. The number of aliphatic carboxylic acids is 1. The lowest BCUT2D eigenvalue weighted by molar-refractivity contribution is -0.138. The molecule has 1 fully saturated rings. The number of rotatable bonds is 6. The Morgan fingerprint density at radius 2 is 1.83 bits per heavy atom. The minimum absolute atomic E-state index is 0.0328. The summed E-state index contributed by atoms with van der Waals surface area (Å²) in [6, 6.07) is 9.35. The van der Waals surface area contributed by atoms with Crippen molar-refractivity contribution in [3.05, 3.63) is 77.4 Å². The Hall–Kier alpha value is -3.55. The number of carboxylic acids is 1. The Balaban J connectivity index is 1.49. The minimum Gasteiger partial charge on any atom is -0.481 e. The highest BCUT2D eigenvalue weighted by molar-refractivity contribution is 5.75. The lowest BCUT2D eigenvalue weighted by Gasteiger charge is -2.11. The van der Waals surface area contributed by atoms with E-state index in [1.807, 2.05) is 0 Å². The molecule has 4 rings (SSSR count). The van der Waals surface area contributed by atoms with Gasteiger partial charge in [-0.2, -0.15) is 0 Å². The number of carbonyl (C=O) groups is 1. The van der Waals surface area contributed by atoms with Crippen LogP contribution in [0.25, 0.3) is 11.1 Å². The third-order valence-electron chi connectivity index (χ3n) is 5.16. The Kier molecular flexibility index (Phi) is 5.07. The van der Waals surface area contributed by atoms with Gasteiger partial charge in [-0.15, -0.1) is 0 Å². The van der Waals surface area contributed by atoms with Crippen LogP contribution in [0.2, 0.25) is 0 Å². The van der Waals surface area contributed by atoms with Gasteiger partial charge >= 0.3 is 5.97 Å². The number of carboxylic acid groups (broad SMARTS) is 1. The summed E-state index contributed by atoms with van der Waals surface area (Å²) in [7, 11) is 0. The summed E-state index contributed by atoms with van der Waals surface area (Å²) in [5.41, 5.74) is 6.88. The van der Waals surface area contributed by atoms with Crippen molar-refractivity contribution in [1.82, 2.24) is 4.98 Å². The molecule has 4 N–H and O–H groups in total. The second-order valence-electron chi connectivity index (χ2n) is 7.28. The molecule has 0 amide bonds. The molecule has 1 aliphatic carbocycles. The maximum Gasteiger partial charge on any atom is 0.307 e. The summed E-state index contributed by atoms with van der Waals surface area (Å²) in [6.07, 6.45) is 2.12. The maximum atomic E-state index is 14.2. The normalized spacial score (nSPS) is 17.6. The van der Waals surface area contributed by atoms with Crippen molar-refractivity contribution >= 4 is 17.3 Å². The molecule has 3 aromatic rings. The molecule has 0 aliphatic heterocycles. The van der Waals surface area contributed by atoms with Gasteiger partial charge < -0.3 is 16.2 Å². The largest absolute Gasteiger partial charge is 0.481 e. The number of aromatic nitrogens is 1. The van der Waals surface area contributed by atoms with E-state index in [9.17, 15) is 18.0 Å². The molecule has 8 heteroatoms. The van der Waals surface area contributed by atoms with E-state index in [-0.39, 0.29) is 40.8 Å². The topological polar surface area (TPSA) is 88.2 Å². The number of benzene rings is 2. The second-order valence-corrected chi connectivity index (χ2v) is 7.28. The van der Waals surface area contributed by atoms with Crippen LogP contribution in [0, 0.1) is 23.4 Å².